The molecule has 0 bridgehead atoms. The second-order valence-corrected chi connectivity index (χ2v) is 7.27. The molecule has 1 saturated heterocycles. The number of nitrogens with zero attached hydrogens (tertiary/aromatic N) is 3. The van der Waals surface area contributed by atoms with Gasteiger partial charge in [-0.1, -0.05) is 0 Å². The van der Waals surface area contributed by atoms with Crippen LogP contribution in [0.25, 0.3) is 0 Å². The molecule has 2 amide bonds. The van der Waals surface area contributed by atoms with Crippen LogP contribution in [0, 0.1) is 11.3 Å². The van der Waals surface area contributed by atoms with Crippen molar-refractivity contribution in [3.05, 3.63) is 0 Å². The molecule has 0 saturated carbocycles. The molecule has 1 unspecified atom stereocenters. The average Bonchev–Trinajstić information content (AvgIpc) is 2.33. The first-order chi connectivity index (χ1) is 9.93. The number of ether oxygens (including phenoxy) is 2. The van der Waals surface area contributed by atoms with Crippen LogP contribution in [0.15, 0.2) is 0 Å². The number of rotatable bonds is 0. The highest BCUT2D eigenvalue weighted by molar-refractivity contribution is 5.72. The molecule has 7 heteroatoms. The van der Waals surface area contributed by atoms with Crippen molar-refractivity contribution in [1.82, 2.24) is 9.80 Å². The Bertz CT molecular complexity index is 471. The van der Waals surface area contributed by atoms with E-state index in [2.05, 4.69) is 6.07 Å². The lowest BCUT2D eigenvalue weighted by atomic mass is 10.1. The van der Waals surface area contributed by atoms with E-state index < -0.39 is 29.4 Å². The Morgan fingerprint density at radius 3 is 2.00 bits per heavy atom. The minimum Gasteiger partial charge on any atom is -0.444 e. The van der Waals surface area contributed by atoms with Crippen LogP contribution in [0.2, 0.25) is 0 Å². The van der Waals surface area contributed by atoms with E-state index in [4.69, 9.17) is 9.47 Å². The van der Waals surface area contributed by atoms with Crippen molar-refractivity contribution in [2.75, 3.05) is 13.2 Å². The molecule has 1 atom stereocenters. The van der Waals surface area contributed by atoms with E-state index in [1.807, 2.05) is 0 Å². The summed E-state index contributed by atoms with van der Waals surface area (Å²) in [6.45, 7) is 10.9. The van der Waals surface area contributed by atoms with Crippen LogP contribution in [0.4, 0.5) is 9.59 Å². The maximum absolute atomic E-state index is 12.2. The quantitative estimate of drug-likeness (QED) is 0.687. The second kappa shape index (κ2) is 6.42. The zero-order valence-corrected chi connectivity index (χ0v) is 14.2. The molecule has 22 heavy (non-hydrogen) atoms. The third-order valence-corrected chi connectivity index (χ3v) is 2.80. The number of nitriles is 1. The van der Waals surface area contributed by atoms with E-state index in [9.17, 15) is 14.9 Å². The lowest BCUT2D eigenvalue weighted by Crippen LogP contribution is -2.55. The van der Waals surface area contributed by atoms with Gasteiger partial charge in [0.2, 0.25) is 0 Å². The third-order valence-electron chi connectivity index (χ3n) is 2.80. The topological polar surface area (TPSA) is 82.9 Å². The van der Waals surface area contributed by atoms with Crippen LogP contribution in [0.5, 0.6) is 0 Å². The normalized spacial score (nSPS) is 19.4. The predicted octanol–water partition coefficient (Wildman–Crippen LogP) is 2.71. The molecule has 0 aliphatic carbocycles. The van der Waals surface area contributed by atoms with Crippen molar-refractivity contribution in [3.8, 4) is 6.07 Å². The van der Waals surface area contributed by atoms with E-state index in [1.165, 1.54) is 9.80 Å². The molecular weight excluding hydrogens is 286 g/mol. The molecule has 0 aromatic heterocycles. The minimum absolute atomic E-state index is 0.0119. The molecule has 1 fully saturated rings. The summed E-state index contributed by atoms with van der Waals surface area (Å²) >= 11 is 0. The standard InChI is InChI=1S/C15H25N3O4/c1-14(2,3)21-12(19)17-8-7-11(9-16)18(10-17)13(20)22-15(4,5)6/h11H,7-8,10H2,1-6H3. The summed E-state index contributed by atoms with van der Waals surface area (Å²) in [5, 5.41) is 9.19. The van der Waals surface area contributed by atoms with Gasteiger partial charge in [0.15, 0.2) is 0 Å². The van der Waals surface area contributed by atoms with Gasteiger partial charge in [-0.05, 0) is 48.0 Å². The number of hydrogen-bond acceptors (Lipinski definition) is 5. The van der Waals surface area contributed by atoms with Gasteiger partial charge in [-0.15, -0.1) is 0 Å². The van der Waals surface area contributed by atoms with E-state index in [1.54, 1.807) is 41.5 Å². The van der Waals surface area contributed by atoms with Gasteiger partial charge in [0.05, 0.1) is 6.07 Å². The van der Waals surface area contributed by atoms with Crippen molar-refractivity contribution < 1.29 is 19.1 Å². The molecule has 1 rings (SSSR count). The van der Waals surface area contributed by atoms with Gasteiger partial charge in [-0.3, -0.25) is 9.80 Å². The highest BCUT2D eigenvalue weighted by atomic mass is 16.6. The fraction of sp³-hybridized carbons (Fsp3) is 0.800. The van der Waals surface area contributed by atoms with E-state index in [-0.39, 0.29) is 6.67 Å². The molecule has 7 nitrogen and oxygen atoms in total. The summed E-state index contributed by atoms with van der Waals surface area (Å²) in [5.74, 6) is 0. The zero-order chi connectivity index (χ0) is 17.1. The molecule has 1 heterocycles. The first-order valence-corrected chi connectivity index (χ1v) is 7.30. The Morgan fingerprint density at radius 2 is 1.55 bits per heavy atom. The summed E-state index contributed by atoms with van der Waals surface area (Å²) in [7, 11) is 0. The van der Waals surface area contributed by atoms with Crippen molar-refractivity contribution in [3.63, 3.8) is 0 Å². The fourth-order valence-electron chi connectivity index (χ4n) is 1.90. The van der Waals surface area contributed by atoms with Gasteiger partial charge in [-0.2, -0.15) is 5.26 Å². The van der Waals surface area contributed by atoms with Gasteiger partial charge >= 0.3 is 12.2 Å². The Balaban J connectivity index is 2.80. The Labute approximate surface area is 131 Å². The number of carbonyl (C=O) groups is 2. The summed E-state index contributed by atoms with van der Waals surface area (Å²) < 4.78 is 10.6. The van der Waals surface area contributed by atoms with Gasteiger partial charge < -0.3 is 9.47 Å². The predicted molar refractivity (Wildman–Crippen MR) is 79.9 cm³/mol. The van der Waals surface area contributed by atoms with Gasteiger partial charge in [0.25, 0.3) is 0 Å². The molecule has 0 radical (unpaired) electrons. The van der Waals surface area contributed by atoms with Crippen LogP contribution in [-0.4, -0.2) is 52.4 Å². The number of carbonyl (C=O) groups excluding carboxylic acids is 2. The molecule has 0 N–H and O–H groups in total. The summed E-state index contributed by atoms with van der Waals surface area (Å²) in [4.78, 5) is 27.0. The van der Waals surface area contributed by atoms with E-state index in [0.717, 1.165) is 0 Å². The number of amides is 2. The van der Waals surface area contributed by atoms with Gasteiger partial charge in [0.1, 0.15) is 23.9 Å². The van der Waals surface area contributed by atoms with E-state index >= 15 is 0 Å². The van der Waals surface area contributed by atoms with E-state index in [0.29, 0.717) is 13.0 Å². The fourth-order valence-corrected chi connectivity index (χ4v) is 1.90. The maximum Gasteiger partial charge on any atom is 0.412 e. The summed E-state index contributed by atoms with van der Waals surface area (Å²) in [6, 6.07) is 1.47. The molecular formula is C15H25N3O4. The van der Waals surface area contributed by atoms with Crippen molar-refractivity contribution in [2.24, 2.45) is 0 Å². The average molecular weight is 311 g/mol. The molecule has 0 spiro atoms. The molecule has 0 aromatic carbocycles. The first-order valence-electron chi connectivity index (χ1n) is 7.30. The molecule has 124 valence electrons. The Morgan fingerprint density at radius 1 is 1.05 bits per heavy atom. The Kier molecular flexibility index (Phi) is 5.28. The van der Waals surface area contributed by atoms with Gasteiger partial charge in [0, 0.05) is 6.54 Å². The van der Waals surface area contributed by atoms with Crippen LogP contribution in [-0.2, 0) is 9.47 Å². The largest absolute Gasteiger partial charge is 0.444 e. The molecule has 1 aliphatic rings. The summed E-state index contributed by atoms with van der Waals surface area (Å²) in [6.07, 6.45) is -0.737. The van der Waals surface area contributed by atoms with Crippen LogP contribution in [0.3, 0.4) is 0 Å². The molecule has 1 aliphatic heterocycles. The second-order valence-electron chi connectivity index (χ2n) is 7.27. The van der Waals surface area contributed by atoms with Crippen molar-refractivity contribution in [2.45, 2.75) is 65.2 Å². The zero-order valence-electron chi connectivity index (χ0n) is 14.2. The first kappa shape index (κ1) is 18.1. The smallest absolute Gasteiger partial charge is 0.412 e. The number of hydrogen-bond donors (Lipinski definition) is 0. The minimum atomic E-state index is -0.661. The maximum atomic E-state index is 12.2. The third kappa shape index (κ3) is 5.43. The van der Waals surface area contributed by atoms with Crippen molar-refractivity contribution in [1.29, 1.82) is 5.26 Å². The Hall–Kier alpha value is -1.97. The van der Waals surface area contributed by atoms with Crippen molar-refractivity contribution >= 4 is 12.2 Å². The van der Waals surface area contributed by atoms with Gasteiger partial charge in [-0.25, -0.2) is 9.59 Å². The van der Waals surface area contributed by atoms with Crippen LogP contribution in [0.1, 0.15) is 48.0 Å². The highest BCUT2D eigenvalue weighted by Crippen LogP contribution is 2.20. The lowest BCUT2D eigenvalue weighted by Gasteiger charge is -2.39. The SMILES string of the molecule is CC(C)(C)OC(=O)N1CCC(C#N)N(C(=O)OC(C)(C)C)C1. The molecule has 0 aromatic rings. The highest BCUT2D eigenvalue weighted by Gasteiger charge is 2.36. The van der Waals surface area contributed by atoms with Crippen LogP contribution < -0.4 is 0 Å². The summed E-state index contributed by atoms with van der Waals surface area (Å²) in [5.41, 5.74) is -1.27. The lowest BCUT2D eigenvalue weighted by molar-refractivity contribution is -0.0201. The van der Waals surface area contributed by atoms with Crippen LogP contribution >= 0.6 is 0 Å². The monoisotopic (exact) mass is 311 g/mol.